The number of aryl methyl sites for hydroxylation is 1. The van der Waals surface area contributed by atoms with E-state index in [4.69, 9.17) is 0 Å². The normalized spacial score (nSPS) is 21.4. The van der Waals surface area contributed by atoms with Crippen LogP contribution in [0.1, 0.15) is 42.1 Å². The zero-order valence-corrected chi connectivity index (χ0v) is 19.3. The van der Waals surface area contributed by atoms with Gasteiger partial charge in [0, 0.05) is 11.5 Å². The van der Waals surface area contributed by atoms with E-state index in [1.54, 1.807) is 6.92 Å². The van der Waals surface area contributed by atoms with Crippen LogP contribution in [0.25, 0.3) is 0 Å². The van der Waals surface area contributed by atoms with Gasteiger partial charge in [-0.05, 0) is 51.3 Å². The van der Waals surface area contributed by atoms with E-state index in [1.807, 2.05) is 65.6 Å². The third-order valence-corrected chi connectivity index (χ3v) is 6.64. The smallest absolute Gasteiger partial charge is 0.322 e. The maximum atomic E-state index is 12.9. The number of hydrogen-bond donors (Lipinski definition) is 2. The Morgan fingerprint density at radius 3 is 2.26 bits per heavy atom. The SMILES string of the molecule is CC1(CCc2ccccc2)NC(=O)N(NC(=O)CN2CCC(C(=O)c3ccccc3)CC2)C1=O. The van der Waals surface area contributed by atoms with Gasteiger partial charge in [0.25, 0.3) is 11.8 Å². The van der Waals surface area contributed by atoms with E-state index in [0.29, 0.717) is 44.3 Å². The molecule has 2 fully saturated rings. The van der Waals surface area contributed by atoms with Crippen LogP contribution in [0, 0.1) is 5.92 Å². The van der Waals surface area contributed by atoms with Crippen LogP contribution in [0.2, 0.25) is 0 Å². The molecule has 4 amide bonds. The predicted octanol–water partition coefficient (Wildman–Crippen LogP) is 2.56. The Bertz CT molecular complexity index is 1050. The van der Waals surface area contributed by atoms with Gasteiger partial charge in [-0.15, -0.1) is 0 Å². The molecule has 0 aliphatic carbocycles. The Labute approximate surface area is 199 Å². The third-order valence-electron chi connectivity index (χ3n) is 6.64. The number of Topliss-reactive ketones (excluding diaryl/α,β-unsaturated/α-hetero) is 1. The number of benzene rings is 2. The minimum Gasteiger partial charge on any atom is -0.322 e. The average Bonchev–Trinajstić information content (AvgIpc) is 3.07. The summed E-state index contributed by atoms with van der Waals surface area (Å²) in [6.45, 7) is 2.94. The summed E-state index contributed by atoms with van der Waals surface area (Å²) >= 11 is 0. The fraction of sp³-hybridized carbons (Fsp3) is 0.385. The van der Waals surface area contributed by atoms with E-state index in [9.17, 15) is 19.2 Å². The molecule has 0 radical (unpaired) electrons. The summed E-state index contributed by atoms with van der Waals surface area (Å²) in [5.74, 6) is -0.811. The monoisotopic (exact) mass is 462 g/mol. The molecule has 2 heterocycles. The second-order valence-corrected chi connectivity index (χ2v) is 9.20. The molecule has 2 aliphatic rings. The quantitative estimate of drug-likeness (QED) is 0.464. The van der Waals surface area contributed by atoms with Crippen molar-refractivity contribution in [1.29, 1.82) is 0 Å². The minimum absolute atomic E-state index is 0.0574. The lowest BCUT2D eigenvalue weighted by atomic mass is 9.89. The summed E-state index contributed by atoms with van der Waals surface area (Å²) in [6, 6.07) is 18.4. The van der Waals surface area contributed by atoms with Crippen molar-refractivity contribution in [3.05, 3.63) is 71.8 Å². The first kappa shape index (κ1) is 23.6. The number of likely N-dealkylation sites (tertiary alicyclic amines) is 1. The zero-order chi connectivity index (χ0) is 24.1. The number of nitrogens with zero attached hydrogens (tertiary/aromatic N) is 2. The first-order valence-electron chi connectivity index (χ1n) is 11.7. The highest BCUT2D eigenvalue weighted by atomic mass is 16.2. The molecule has 8 nitrogen and oxygen atoms in total. The van der Waals surface area contributed by atoms with Gasteiger partial charge in [0.05, 0.1) is 6.54 Å². The number of urea groups is 1. The van der Waals surface area contributed by atoms with Crippen LogP contribution in [0.3, 0.4) is 0 Å². The molecule has 2 aromatic carbocycles. The number of rotatable bonds is 8. The molecule has 0 aromatic heterocycles. The highest BCUT2D eigenvalue weighted by molar-refractivity contribution is 6.07. The molecule has 4 rings (SSSR count). The second-order valence-electron chi connectivity index (χ2n) is 9.20. The van der Waals surface area contributed by atoms with Crippen LogP contribution in [-0.4, -0.2) is 58.7 Å². The Hall–Kier alpha value is -3.52. The van der Waals surface area contributed by atoms with E-state index >= 15 is 0 Å². The van der Waals surface area contributed by atoms with Gasteiger partial charge in [-0.25, -0.2) is 4.79 Å². The highest BCUT2D eigenvalue weighted by Gasteiger charge is 2.48. The Balaban J connectivity index is 1.26. The lowest BCUT2D eigenvalue weighted by molar-refractivity contribution is -0.139. The number of imide groups is 1. The topological polar surface area (TPSA) is 98.8 Å². The molecule has 8 heteroatoms. The Morgan fingerprint density at radius 2 is 1.62 bits per heavy atom. The maximum absolute atomic E-state index is 12.9. The van der Waals surface area contributed by atoms with E-state index in [1.165, 1.54) is 0 Å². The fourth-order valence-electron chi connectivity index (χ4n) is 4.55. The van der Waals surface area contributed by atoms with Crippen molar-refractivity contribution < 1.29 is 19.2 Å². The minimum atomic E-state index is -1.07. The van der Waals surface area contributed by atoms with Crippen LogP contribution in [0.4, 0.5) is 4.79 Å². The number of amides is 4. The van der Waals surface area contributed by atoms with Crippen LogP contribution in [-0.2, 0) is 16.0 Å². The van der Waals surface area contributed by atoms with Gasteiger partial charge in [0.15, 0.2) is 5.78 Å². The van der Waals surface area contributed by atoms with Crippen molar-refractivity contribution in [2.45, 2.75) is 38.1 Å². The molecule has 2 saturated heterocycles. The number of hydrazine groups is 1. The molecule has 178 valence electrons. The van der Waals surface area contributed by atoms with E-state index in [-0.39, 0.29) is 18.2 Å². The van der Waals surface area contributed by atoms with Gasteiger partial charge in [0.2, 0.25) is 0 Å². The maximum Gasteiger partial charge on any atom is 0.344 e. The molecule has 2 aliphatic heterocycles. The first-order chi connectivity index (χ1) is 16.4. The van der Waals surface area contributed by atoms with Crippen molar-refractivity contribution in [2.24, 2.45) is 5.92 Å². The average molecular weight is 463 g/mol. The summed E-state index contributed by atoms with van der Waals surface area (Å²) in [4.78, 5) is 52.5. The Morgan fingerprint density at radius 1 is 1.00 bits per heavy atom. The summed E-state index contributed by atoms with van der Waals surface area (Å²) in [5.41, 5.74) is 3.18. The Kier molecular flexibility index (Phi) is 7.07. The van der Waals surface area contributed by atoms with Crippen LogP contribution in [0.15, 0.2) is 60.7 Å². The first-order valence-corrected chi connectivity index (χ1v) is 11.7. The number of hydrogen-bond acceptors (Lipinski definition) is 5. The van der Waals surface area contributed by atoms with Crippen molar-refractivity contribution in [3.63, 3.8) is 0 Å². The van der Waals surface area contributed by atoms with Gasteiger partial charge in [-0.3, -0.25) is 24.7 Å². The number of carbonyl (C=O) groups is 4. The van der Waals surface area contributed by atoms with Gasteiger partial charge in [-0.1, -0.05) is 60.7 Å². The molecule has 0 spiro atoms. The summed E-state index contributed by atoms with van der Waals surface area (Å²) in [6.07, 6.45) is 2.39. The number of ketones is 1. The molecular weight excluding hydrogens is 432 g/mol. The van der Waals surface area contributed by atoms with Gasteiger partial charge >= 0.3 is 6.03 Å². The van der Waals surface area contributed by atoms with Gasteiger partial charge in [-0.2, -0.15) is 5.01 Å². The second kappa shape index (κ2) is 10.2. The molecule has 2 aromatic rings. The van der Waals surface area contributed by atoms with Gasteiger partial charge in [0.1, 0.15) is 5.54 Å². The van der Waals surface area contributed by atoms with Crippen molar-refractivity contribution in [3.8, 4) is 0 Å². The standard InChI is InChI=1S/C26H30N4O4/c1-26(15-12-19-8-4-2-5-9-19)24(33)30(25(34)27-26)28-22(31)18-29-16-13-21(14-17-29)23(32)20-10-6-3-7-11-20/h2-11,21H,12-18H2,1H3,(H,27,34)(H,28,31). The lowest BCUT2D eigenvalue weighted by Gasteiger charge is -2.31. The van der Waals surface area contributed by atoms with Crippen LogP contribution < -0.4 is 10.7 Å². The lowest BCUT2D eigenvalue weighted by Crippen LogP contribution is -2.52. The predicted molar refractivity (Wildman–Crippen MR) is 127 cm³/mol. The van der Waals surface area contributed by atoms with E-state index < -0.39 is 23.4 Å². The van der Waals surface area contributed by atoms with Crippen LogP contribution >= 0.6 is 0 Å². The van der Waals surface area contributed by atoms with Crippen molar-refractivity contribution >= 4 is 23.6 Å². The highest BCUT2D eigenvalue weighted by Crippen LogP contribution is 2.23. The summed E-state index contributed by atoms with van der Waals surface area (Å²) < 4.78 is 0. The zero-order valence-electron chi connectivity index (χ0n) is 19.3. The molecule has 0 saturated carbocycles. The van der Waals surface area contributed by atoms with Gasteiger partial charge < -0.3 is 5.32 Å². The molecule has 34 heavy (non-hydrogen) atoms. The fourth-order valence-corrected chi connectivity index (χ4v) is 4.55. The molecular formula is C26H30N4O4. The number of nitrogens with one attached hydrogen (secondary N) is 2. The molecule has 1 atom stereocenters. The van der Waals surface area contributed by atoms with Crippen molar-refractivity contribution in [2.75, 3.05) is 19.6 Å². The molecule has 2 N–H and O–H groups in total. The van der Waals surface area contributed by atoms with E-state index in [0.717, 1.165) is 10.6 Å². The molecule has 1 unspecified atom stereocenters. The van der Waals surface area contributed by atoms with Crippen LogP contribution in [0.5, 0.6) is 0 Å². The number of carbonyl (C=O) groups excluding carboxylic acids is 4. The summed E-state index contributed by atoms with van der Waals surface area (Å²) in [5, 5.41) is 3.51. The van der Waals surface area contributed by atoms with E-state index in [2.05, 4.69) is 10.7 Å². The van der Waals surface area contributed by atoms with Crippen molar-refractivity contribution in [1.82, 2.24) is 20.7 Å². The largest absolute Gasteiger partial charge is 0.344 e. The third kappa shape index (κ3) is 5.34. The molecule has 0 bridgehead atoms. The number of piperidine rings is 1. The summed E-state index contributed by atoms with van der Waals surface area (Å²) in [7, 11) is 0.